The molecule has 0 aliphatic carbocycles. The molecule has 0 N–H and O–H groups in total. The summed E-state index contributed by atoms with van der Waals surface area (Å²) in [6, 6.07) is 14.0. The maximum Gasteiger partial charge on any atom is 0.326 e. The van der Waals surface area contributed by atoms with Crippen molar-refractivity contribution in [1.29, 1.82) is 0 Å². The van der Waals surface area contributed by atoms with Gasteiger partial charge in [0.1, 0.15) is 12.3 Å². The quantitative estimate of drug-likeness (QED) is 0.328. The summed E-state index contributed by atoms with van der Waals surface area (Å²) in [7, 11) is 0. The van der Waals surface area contributed by atoms with Crippen LogP contribution in [0.5, 0.6) is 5.75 Å². The number of hydrogen-bond acceptors (Lipinski definition) is 5. The fraction of sp³-hybridized carbons (Fsp3) is 0.333. The lowest BCUT2D eigenvalue weighted by Crippen LogP contribution is -2.14. The maximum atomic E-state index is 12.0. The number of carbonyl (C=O) groups excluding carboxylic acids is 1. The lowest BCUT2D eigenvalue weighted by atomic mass is 10.1. The van der Waals surface area contributed by atoms with Gasteiger partial charge in [0.25, 0.3) is 0 Å². The molecule has 2 aromatic carbocycles. The Labute approximate surface area is 163 Å². The lowest BCUT2D eigenvalue weighted by Gasteiger charge is -2.11. The van der Waals surface area contributed by atoms with Gasteiger partial charge in [-0.2, -0.15) is 0 Å². The molecule has 0 bridgehead atoms. The fourth-order valence-corrected chi connectivity index (χ4v) is 3.63. The maximum absolute atomic E-state index is 12.0. The molecule has 5 nitrogen and oxygen atoms in total. The highest BCUT2D eigenvalue weighted by molar-refractivity contribution is 7.99. The molecule has 1 aromatic heterocycles. The van der Waals surface area contributed by atoms with E-state index in [2.05, 4.69) is 30.1 Å². The molecule has 0 aliphatic rings. The number of nitrogens with zero attached hydrogens (tertiary/aromatic N) is 2. The molecule has 6 heteroatoms. The van der Waals surface area contributed by atoms with E-state index in [9.17, 15) is 4.79 Å². The second-order valence-electron chi connectivity index (χ2n) is 6.24. The first-order chi connectivity index (χ1) is 13.1. The number of carbonyl (C=O) groups is 1. The zero-order valence-corrected chi connectivity index (χ0v) is 16.7. The van der Waals surface area contributed by atoms with E-state index in [1.807, 2.05) is 42.7 Å². The van der Waals surface area contributed by atoms with Crippen LogP contribution in [0.3, 0.4) is 0 Å². The Kier molecular flexibility index (Phi) is 6.40. The second-order valence-corrected chi connectivity index (χ2v) is 7.30. The van der Waals surface area contributed by atoms with Crippen LogP contribution in [-0.4, -0.2) is 34.5 Å². The summed E-state index contributed by atoms with van der Waals surface area (Å²) < 4.78 is 12.9. The van der Waals surface area contributed by atoms with Crippen LogP contribution in [0.2, 0.25) is 0 Å². The van der Waals surface area contributed by atoms with Gasteiger partial charge < -0.3 is 14.0 Å². The van der Waals surface area contributed by atoms with E-state index >= 15 is 0 Å². The summed E-state index contributed by atoms with van der Waals surface area (Å²) in [5.74, 6) is 1.39. The van der Waals surface area contributed by atoms with E-state index < -0.39 is 0 Å². The fourth-order valence-electron chi connectivity index (χ4n) is 2.80. The molecule has 0 spiro atoms. The third-order valence-corrected chi connectivity index (χ3v) is 5.07. The Hall–Kier alpha value is -2.47. The van der Waals surface area contributed by atoms with Crippen molar-refractivity contribution in [3.8, 4) is 5.75 Å². The van der Waals surface area contributed by atoms with Crippen LogP contribution in [0.4, 0.5) is 0 Å². The molecule has 3 rings (SSSR count). The van der Waals surface area contributed by atoms with Gasteiger partial charge >= 0.3 is 5.97 Å². The predicted octanol–water partition coefficient (Wildman–Crippen LogP) is 4.39. The number of ether oxygens (including phenoxy) is 2. The minimum absolute atomic E-state index is 0.161. The molecule has 0 saturated heterocycles. The van der Waals surface area contributed by atoms with E-state index in [0.717, 1.165) is 33.3 Å². The van der Waals surface area contributed by atoms with Gasteiger partial charge in [-0.1, -0.05) is 36.0 Å². The SMILES string of the molecule is CCOC(=O)Cn1c(SCCOc2cc(C)ccc2C)nc2ccccc21. The minimum Gasteiger partial charge on any atom is -0.492 e. The van der Waals surface area contributed by atoms with Crippen molar-refractivity contribution in [3.63, 3.8) is 0 Å². The van der Waals surface area contributed by atoms with E-state index in [1.54, 1.807) is 11.8 Å². The van der Waals surface area contributed by atoms with Crippen LogP contribution in [-0.2, 0) is 16.1 Å². The number of hydrogen-bond donors (Lipinski definition) is 0. The van der Waals surface area contributed by atoms with Crippen LogP contribution < -0.4 is 4.74 Å². The molecule has 3 aromatic rings. The van der Waals surface area contributed by atoms with Crippen molar-refractivity contribution >= 4 is 28.8 Å². The normalized spacial score (nSPS) is 10.9. The summed E-state index contributed by atoms with van der Waals surface area (Å²) in [6.45, 7) is 7.01. The van der Waals surface area contributed by atoms with Gasteiger partial charge in [0.15, 0.2) is 5.16 Å². The van der Waals surface area contributed by atoms with Gasteiger partial charge in [-0.3, -0.25) is 4.79 Å². The summed E-state index contributed by atoms with van der Waals surface area (Å²) in [5.41, 5.74) is 4.11. The molecule has 142 valence electrons. The van der Waals surface area contributed by atoms with Crippen LogP contribution in [0.1, 0.15) is 18.1 Å². The van der Waals surface area contributed by atoms with Gasteiger partial charge in [0.2, 0.25) is 0 Å². The Morgan fingerprint density at radius 1 is 1.19 bits per heavy atom. The van der Waals surface area contributed by atoms with Gasteiger partial charge in [0, 0.05) is 5.75 Å². The number of para-hydroxylation sites is 2. The third kappa shape index (κ3) is 4.83. The molecule has 0 fully saturated rings. The van der Waals surface area contributed by atoms with Crippen LogP contribution >= 0.6 is 11.8 Å². The monoisotopic (exact) mass is 384 g/mol. The van der Waals surface area contributed by atoms with Crippen molar-refractivity contribution in [2.75, 3.05) is 19.0 Å². The van der Waals surface area contributed by atoms with E-state index in [0.29, 0.717) is 13.2 Å². The van der Waals surface area contributed by atoms with Crippen LogP contribution in [0, 0.1) is 13.8 Å². The number of fused-ring (bicyclic) bond motifs is 1. The molecular formula is C21H24N2O3S. The van der Waals surface area contributed by atoms with Gasteiger partial charge in [-0.15, -0.1) is 0 Å². The number of imidazole rings is 1. The molecule has 0 atom stereocenters. The van der Waals surface area contributed by atoms with Crippen molar-refractivity contribution in [2.45, 2.75) is 32.5 Å². The first kappa shape index (κ1) is 19.3. The minimum atomic E-state index is -0.255. The zero-order valence-electron chi connectivity index (χ0n) is 15.9. The first-order valence-electron chi connectivity index (χ1n) is 9.02. The largest absolute Gasteiger partial charge is 0.492 e. The highest BCUT2D eigenvalue weighted by Crippen LogP contribution is 2.25. The summed E-state index contributed by atoms with van der Waals surface area (Å²) in [5, 5.41) is 0.800. The van der Waals surface area contributed by atoms with Gasteiger partial charge in [-0.05, 0) is 50.1 Å². The Bertz CT molecular complexity index is 936. The summed E-state index contributed by atoms with van der Waals surface area (Å²) in [6.07, 6.45) is 0. The molecule has 0 radical (unpaired) electrons. The van der Waals surface area contributed by atoms with Crippen LogP contribution in [0.25, 0.3) is 11.0 Å². The van der Waals surface area contributed by atoms with Crippen molar-refractivity contribution in [1.82, 2.24) is 9.55 Å². The second kappa shape index (κ2) is 8.95. The van der Waals surface area contributed by atoms with E-state index in [4.69, 9.17) is 9.47 Å². The number of benzene rings is 2. The molecular weight excluding hydrogens is 360 g/mol. The smallest absolute Gasteiger partial charge is 0.326 e. The number of thioether (sulfide) groups is 1. The zero-order chi connectivity index (χ0) is 19.2. The number of aromatic nitrogens is 2. The Balaban J connectivity index is 1.68. The van der Waals surface area contributed by atoms with E-state index in [1.165, 1.54) is 5.56 Å². The van der Waals surface area contributed by atoms with Gasteiger partial charge in [-0.25, -0.2) is 4.98 Å². The van der Waals surface area contributed by atoms with Gasteiger partial charge in [0.05, 0.1) is 24.2 Å². The lowest BCUT2D eigenvalue weighted by molar-refractivity contribution is -0.143. The highest BCUT2D eigenvalue weighted by Gasteiger charge is 2.14. The standard InChI is InChI=1S/C21H24N2O3S/c1-4-25-20(24)14-23-18-8-6-5-7-17(18)22-21(23)27-12-11-26-19-13-15(2)9-10-16(19)3/h5-10,13H,4,11-12,14H2,1-3H3. The Morgan fingerprint density at radius 2 is 2.00 bits per heavy atom. The van der Waals surface area contributed by atoms with Crippen molar-refractivity contribution in [2.24, 2.45) is 0 Å². The van der Waals surface area contributed by atoms with Crippen molar-refractivity contribution in [3.05, 3.63) is 53.6 Å². The topological polar surface area (TPSA) is 53.4 Å². The van der Waals surface area contributed by atoms with E-state index in [-0.39, 0.29) is 12.5 Å². The molecule has 0 amide bonds. The molecule has 0 unspecified atom stereocenters. The highest BCUT2D eigenvalue weighted by atomic mass is 32.2. The first-order valence-corrected chi connectivity index (χ1v) is 10.0. The number of esters is 1. The molecule has 0 aliphatic heterocycles. The Morgan fingerprint density at radius 3 is 2.81 bits per heavy atom. The van der Waals surface area contributed by atoms with Crippen molar-refractivity contribution < 1.29 is 14.3 Å². The third-order valence-electron chi connectivity index (χ3n) is 4.13. The molecule has 27 heavy (non-hydrogen) atoms. The summed E-state index contributed by atoms with van der Waals surface area (Å²) >= 11 is 1.58. The average Bonchev–Trinajstić information content (AvgIpc) is 2.99. The predicted molar refractivity (Wildman–Crippen MR) is 109 cm³/mol. The van der Waals surface area contributed by atoms with Crippen LogP contribution in [0.15, 0.2) is 47.6 Å². The number of rotatable bonds is 8. The summed E-state index contributed by atoms with van der Waals surface area (Å²) in [4.78, 5) is 16.7. The average molecular weight is 385 g/mol. The number of aryl methyl sites for hydroxylation is 2. The molecule has 0 saturated carbocycles. The molecule has 1 heterocycles.